The summed E-state index contributed by atoms with van der Waals surface area (Å²) in [4.78, 5) is 81.1. The van der Waals surface area contributed by atoms with Gasteiger partial charge in [0.05, 0.1) is 35.1 Å². The summed E-state index contributed by atoms with van der Waals surface area (Å²) in [6, 6.07) is 7.93. The number of aromatic nitrogens is 1. The van der Waals surface area contributed by atoms with Crippen LogP contribution in [0.4, 0.5) is 15.3 Å². The number of piperazine rings is 1. The number of carbonyl (C=O) groups excluding carboxylic acids is 6. The first-order valence-electron chi connectivity index (χ1n) is 15.6. The van der Waals surface area contributed by atoms with Crippen LogP contribution < -0.4 is 11.1 Å². The third-order valence-corrected chi connectivity index (χ3v) is 7.80. The number of methoxy groups -OCH3 is 1. The number of nitrogens with two attached hydrogens (primary N) is 1. The van der Waals surface area contributed by atoms with Crippen molar-refractivity contribution in [1.82, 2.24) is 19.7 Å². The Kier molecular flexibility index (Phi) is 9.02. The first kappa shape index (κ1) is 34.7. The smallest absolute Gasteiger partial charge is 0.419 e. The molecule has 3 N–H and O–H groups in total. The lowest BCUT2D eigenvalue weighted by molar-refractivity contribution is -0.134. The zero-order valence-electron chi connectivity index (χ0n) is 28.5. The van der Waals surface area contributed by atoms with Crippen molar-refractivity contribution in [3.8, 4) is 11.3 Å². The molecule has 3 heterocycles. The number of imide groups is 1. The molecule has 5 rings (SSSR count). The second-order valence-corrected chi connectivity index (χ2v) is 13.7. The van der Waals surface area contributed by atoms with Crippen LogP contribution in [0.5, 0.6) is 0 Å². The Hall–Kier alpha value is -5.66. The van der Waals surface area contributed by atoms with Crippen molar-refractivity contribution in [1.29, 1.82) is 0 Å². The number of nitrogen functional groups attached to an aromatic ring is 1. The Morgan fingerprint density at radius 3 is 2.02 bits per heavy atom. The third kappa shape index (κ3) is 7.12. The molecule has 14 nitrogen and oxygen atoms in total. The van der Waals surface area contributed by atoms with E-state index in [-0.39, 0.29) is 39.5 Å². The van der Waals surface area contributed by atoms with Gasteiger partial charge in [-0.15, -0.1) is 0 Å². The fourth-order valence-corrected chi connectivity index (χ4v) is 5.64. The van der Waals surface area contributed by atoms with Gasteiger partial charge >= 0.3 is 18.2 Å². The van der Waals surface area contributed by atoms with Gasteiger partial charge in [-0.05, 0) is 83.5 Å². The molecule has 258 valence electrons. The molecule has 1 fully saturated rings. The maximum absolute atomic E-state index is 13.8. The molecule has 2 aliphatic heterocycles. The highest BCUT2D eigenvalue weighted by atomic mass is 16.6. The van der Waals surface area contributed by atoms with E-state index in [9.17, 15) is 28.8 Å². The number of fused-ring (bicyclic) bond motifs is 2. The molecule has 14 heteroatoms. The molecular formula is C35H39N5O9. The number of esters is 1. The molecule has 2 aliphatic rings. The van der Waals surface area contributed by atoms with Crippen LogP contribution in [0.1, 0.15) is 78.2 Å². The van der Waals surface area contributed by atoms with E-state index in [2.05, 4.69) is 10.1 Å². The van der Waals surface area contributed by atoms with Crippen LogP contribution in [0.2, 0.25) is 0 Å². The predicted molar refractivity (Wildman–Crippen MR) is 180 cm³/mol. The highest BCUT2D eigenvalue weighted by Crippen LogP contribution is 2.39. The van der Waals surface area contributed by atoms with E-state index in [4.69, 9.17) is 15.2 Å². The van der Waals surface area contributed by atoms with E-state index in [0.717, 1.165) is 6.08 Å². The zero-order chi connectivity index (χ0) is 36.0. The van der Waals surface area contributed by atoms with Gasteiger partial charge in [-0.3, -0.25) is 19.7 Å². The molecule has 49 heavy (non-hydrogen) atoms. The standard InChI is InChI=1S/C35H39N5O9/c1-34(2,3)48-32(45)39-14-12-38(13-15-39)31(44)20-8-10-23-21(16-20)18-24(40(23)33(46)49-35(4,5)6)22-17-19(9-11-25(41)47-7)28(36)27-26(22)29(42)37-30(27)43/h8-11,16-18H,12-15,36H2,1-7H3,(H,37,42,43). The monoisotopic (exact) mass is 673 g/mol. The highest BCUT2D eigenvalue weighted by Gasteiger charge is 2.36. The fourth-order valence-electron chi connectivity index (χ4n) is 5.64. The van der Waals surface area contributed by atoms with E-state index in [1.54, 1.807) is 75.6 Å². The summed E-state index contributed by atoms with van der Waals surface area (Å²) in [6.45, 7) is 11.7. The summed E-state index contributed by atoms with van der Waals surface area (Å²) < 4.78 is 17.1. The van der Waals surface area contributed by atoms with Crippen LogP contribution in [0.3, 0.4) is 0 Å². The van der Waals surface area contributed by atoms with E-state index in [1.807, 2.05) is 0 Å². The average Bonchev–Trinajstić information content (AvgIpc) is 3.55. The fraction of sp³-hybridized carbons (Fsp3) is 0.371. The van der Waals surface area contributed by atoms with E-state index >= 15 is 0 Å². The largest absolute Gasteiger partial charge is 0.466 e. The van der Waals surface area contributed by atoms with Gasteiger partial charge in [0, 0.05) is 48.8 Å². The summed E-state index contributed by atoms with van der Waals surface area (Å²) >= 11 is 0. The number of benzene rings is 2. The molecule has 0 saturated carbocycles. The lowest BCUT2D eigenvalue weighted by Gasteiger charge is -2.35. The molecule has 1 aromatic heterocycles. The molecule has 4 amide bonds. The molecule has 0 bridgehead atoms. The number of nitrogens with zero attached hydrogens (tertiary/aromatic N) is 3. The minimum Gasteiger partial charge on any atom is -0.466 e. The van der Waals surface area contributed by atoms with Gasteiger partial charge in [-0.2, -0.15) is 0 Å². The molecule has 2 aromatic carbocycles. The molecule has 3 aromatic rings. The number of hydrogen-bond acceptors (Lipinski definition) is 10. The minimum absolute atomic E-state index is 0.0400. The van der Waals surface area contributed by atoms with Gasteiger partial charge in [0.2, 0.25) is 0 Å². The summed E-state index contributed by atoms with van der Waals surface area (Å²) in [5, 5.41) is 2.73. The van der Waals surface area contributed by atoms with Gasteiger partial charge in [0.25, 0.3) is 17.7 Å². The first-order valence-corrected chi connectivity index (χ1v) is 15.6. The van der Waals surface area contributed by atoms with Crippen molar-refractivity contribution in [2.24, 2.45) is 0 Å². The second-order valence-electron chi connectivity index (χ2n) is 13.7. The Morgan fingerprint density at radius 1 is 0.816 bits per heavy atom. The quantitative estimate of drug-likeness (QED) is 0.132. The molecule has 0 radical (unpaired) electrons. The van der Waals surface area contributed by atoms with E-state index in [0.29, 0.717) is 42.6 Å². The molecule has 0 atom stereocenters. The number of carbonyl (C=O) groups is 6. The van der Waals surface area contributed by atoms with Crippen molar-refractivity contribution in [3.05, 3.63) is 58.7 Å². The number of nitrogens with one attached hydrogen (secondary N) is 1. The van der Waals surface area contributed by atoms with Crippen LogP contribution in [-0.4, -0.2) is 94.7 Å². The SMILES string of the molecule is COC(=O)C=Cc1cc(-c2cc3cc(C(=O)N4CCN(C(=O)OC(C)(C)C)CC4)ccc3n2C(=O)OC(C)(C)C)c2c(c1N)C(=O)NC2=O. The zero-order valence-corrected chi connectivity index (χ0v) is 28.5. The third-order valence-electron chi connectivity index (χ3n) is 7.80. The van der Waals surface area contributed by atoms with Gasteiger partial charge in [0.15, 0.2) is 0 Å². The Balaban J connectivity index is 1.59. The van der Waals surface area contributed by atoms with Crippen molar-refractivity contribution < 1.29 is 43.0 Å². The van der Waals surface area contributed by atoms with Crippen molar-refractivity contribution in [3.63, 3.8) is 0 Å². The Morgan fingerprint density at radius 2 is 1.41 bits per heavy atom. The van der Waals surface area contributed by atoms with Crippen molar-refractivity contribution >= 4 is 58.5 Å². The number of rotatable bonds is 4. The number of amides is 4. The molecule has 0 aliphatic carbocycles. The van der Waals surface area contributed by atoms with Gasteiger partial charge < -0.3 is 29.7 Å². The summed E-state index contributed by atoms with van der Waals surface area (Å²) in [5.74, 6) is -2.39. The summed E-state index contributed by atoms with van der Waals surface area (Å²) in [7, 11) is 1.21. The van der Waals surface area contributed by atoms with Crippen LogP contribution in [0.25, 0.3) is 28.2 Å². The predicted octanol–water partition coefficient (Wildman–Crippen LogP) is 4.44. The number of ether oxygens (including phenoxy) is 3. The highest BCUT2D eigenvalue weighted by molar-refractivity contribution is 6.27. The van der Waals surface area contributed by atoms with Gasteiger partial charge in [-0.1, -0.05) is 0 Å². The number of anilines is 1. The second kappa shape index (κ2) is 12.7. The van der Waals surface area contributed by atoms with Crippen LogP contribution >= 0.6 is 0 Å². The topological polar surface area (TPSA) is 180 Å². The van der Waals surface area contributed by atoms with Crippen molar-refractivity contribution in [2.75, 3.05) is 39.0 Å². The summed E-state index contributed by atoms with van der Waals surface area (Å²) in [6.07, 6.45) is 1.26. The Bertz CT molecular complexity index is 1940. The lowest BCUT2D eigenvalue weighted by atomic mass is 9.94. The maximum Gasteiger partial charge on any atom is 0.419 e. The molecule has 1 saturated heterocycles. The van der Waals surface area contributed by atoms with Gasteiger partial charge in [0.1, 0.15) is 11.2 Å². The van der Waals surface area contributed by atoms with E-state index < -0.39 is 41.2 Å². The normalized spacial score (nSPS) is 15.0. The lowest BCUT2D eigenvalue weighted by Crippen LogP contribution is -2.51. The molecular weight excluding hydrogens is 634 g/mol. The molecule has 0 unspecified atom stereocenters. The average molecular weight is 674 g/mol. The van der Waals surface area contributed by atoms with Crippen LogP contribution in [0, 0.1) is 0 Å². The van der Waals surface area contributed by atoms with E-state index in [1.165, 1.54) is 23.8 Å². The van der Waals surface area contributed by atoms with Gasteiger partial charge in [-0.25, -0.2) is 19.0 Å². The van der Waals surface area contributed by atoms with Crippen LogP contribution in [-0.2, 0) is 19.0 Å². The Labute approximate surface area is 282 Å². The summed E-state index contributed by atoms with van der Waals surface area (Å²) in [5.41, 5.74) is 5.88. The van der Waals surface area contributed by atoms with Crippen LogP contribution in [0.15, 0.2) is 36.4 Å². The number of hydrogen-bond donors (Lipinski definition) is 2. The minimum atomic E-state index is -0.896. The maximum atomic E-state index is 13.8. The van der Waals surface area contributed by atoms with Crippen molar-refractivity contribution in [2.45, 2.75) is 52.7 Å². The molecule has 0 spiro atoms. The first-order chi connectivity index (χ1) is 22.9.